The summed E-state index contributed by atoms with van der Waals surface area (Å²) < 4.78 is 10.8. The SMILES string of the molecule is CC1(C)O[C@@H]2[C@H](O1)[C@@H](O)C(=O)NC[C@H]2O. The van der Waals surface area contributed by atoms with E-state index in [1.54, 1.807) is 13.8 Å². The third-order valence-corrected chi connectivity index (χ3v) is 2.61. The molecule has 0 unspecified atom stereocenters. The normalized spacial score (nSPS) is 44.4. The minimum Gasteiger partial charge on any atom is -0.388 e. The molecule has 2 saturated heterocycles. The van der Waals surface area contributed by atoms with Crippen molar-refractivity contribution in [3.63, 3.8) is 0 Å². The minimum atomic E-state index is -1.30. The fourth-order valence-electron chi connectivity index (χ4n) is 1.93. The van der Waals surface area contributed by atoms with Gasteiger partial charge in [-0.15, -0.1) is 0 Å². The molecule has 15 heavy (non-hydrogen) atoms. The van der Waals surface area contributed by atoms with Gasteiger partial charge in [0.05, 0.1) is 0 Å². The summed E-state index contributed by atoms with van der Waals surface area (Å²) in [6.07, 6.45) is -3.64. The average Bonchev–Trinajstić information content (AvgIpc) is 2.44. The van der Waals surface area contributed by atoms with E-state index in [4.69, 9.17) is 9.47 Å². The first-order valence-electron chi connectivity index (χ1n) is 4.90. The Balaban J connectivity index is 2.24. The lowest BCUT2D eigenvalue weighted by atomic mass is 10.1. The van der Waals surface area contributed by atoms with E-state index in [9.17, 15) is 15.0 Å². The molecular weight excluding hydrogens is 202 g/mol. The first-order chi connectivity index (χ1) is 6.91. The van der Waals surface area contributed by atoms with Crippen LogP contribution in [0.2, 0.25) is 0 Å². The molecule has 0 bridgehead atoms. The predicted octanol–water partition coefficient (Wildman–Crippen LogP) is -1.64. The molecule has 4 atom stereocenters. The van der Waals surface area contributed by atoms with Crippen LogP contribution in [0.3, 0.4) is 0 Å². The van der Waals surface area contributed by atoms with Crippen molar-refractivity contribution in [2.75, 3.05) is 6.54 Å². The van der Waals surface area contributed by atoms with Gasteiger partial charge in [0.25, 0.3) is 5.91 Å². The summed E-state index contributed by atoms with van der Waals surface area (Å²) in [5.74, 6) is -1.42. The number of hydrogen-bond acceptors (Lipinski definition) is 5. The molecule has 0 aromatic heterocycles. The van der Waals surface area contributed by atoms with E-state index in [1.807, 2.05) is 0 Å². The molecule has 2 heterocycles. The summed E-state index contributed by atoms with van der Waals surface area (Å²) in [6, 6.07) is 0. The number of aliphatic hydroxyl groups is 2. The molecule has 6 nitrogen and oxygen atoms in total. The fraction of sp³-hybridized carbons (Fsp3) is 0.889. The second-order valence-corrected chi connectivity index (χ2v) is 4.32. The van der Waals surface area contributed by atoms with Crippen molar-refractivity contribution in [2.45, 2.75) is 44.1 Å². The van der Waals surface area contributed by atoms with Gasteiger partial charge in [-0.3, -0.25) is 4.79 Å². The monoisotopic (exact) mass is 217 g/mol. The third-order valence-electron chi connectivity index (χ3n) is 2.61. The van der Waals surface area contributed by atoms with Gasteiger partial charge in [-0.1, -0.05) is 0 Å². The lowest BCUT2D eigenvalue weighted by Crippen LogP contribution is -2.43. The number of fused-ring (bicyclic) bond motifs is 1. The predicted molar refractivity (Wildman–Crippen MR) is 48.8 cm³/mol. The van der Waals surface area contributed by atoms with Crippen molar-refractivity contribution in [1.82, 2.24) is 5.32 Å². The summed E-state index contributed by atoms with van der Waals surface area (Å²) in [5.41, 5.74) is 0. The molecule has 3 N–H and O–H groups in total. The molecule has 6 heteroatoms. The molecule has 2 rings (SSSR count). The number of β-amino-alcohol motifs (C(OH)–C–C–N with tert-alkyl or cyclic N) is 1. The number of ether oxygens (including phenoxy) is 2. The van der Waals surface area contributed by atoms with E-state index < -0.39 is 36.1 Å². The van der Waals surface area contributed by atoms with Gasteiger partial charge in [-0.2, -0.15) is 0 Å². The van der Waals surface area contributed by atoms with E-state index in [1.165, 1.54) is 0 Å². The quantitative estimate of drug-likeness (QED) is 0.453. The number of amides is 1. The van der Waals surface area contributed by atoms with Crippen molar-refractivity contribution in [3.8, 4) is 0 Å². The molecule has 1 amide bonds. The van der Waals surface area contributed by atoms with E-state index in [0.29, 0.717) is 0 Å². The van der Waals surface area contributed by atoms with Gasteiger partial charge in [0.15, 0.2) is 11.9 Å². The molecular formula is C9H15NO5. The molecule has 0 radical (unpaired) electrons. The fourth-order valence-corrected chi connectivity index (χ4v) is 1.93. The number of nitrogens with one attached hydrogen (secondary N) is 1. The summed E-state index contributed by atoms with van der Waals surface area (Å²) >= 11 is 0. The van der Waals surface area contributed by atoms with Crippen LogP contribution in [0.15, 0.2) is 0 Å². The molecule has 86 valence electrons. The van der Waals surface area contributed by atoms with Gasteiger partial charge in [0.1, 0.15) is 18.3 Å². The second kappa shape index (κ2) is 3.41. The highest BCUT2D eigenvalue weighted by atomic mass is 16.8. The van der Waals surface area contributed by atoms with Crippen LogP contribution >= 0.6 is 0 Å². The van der Waals surface area contributed by atoms with Crippen LogP contribution < -0.4 is 5.32 Å². The van der Waals surface area contributed by atoms with Gasteiger partial charge in [-0.25, -0.2) is 0 Å². The Morgan fingerprint density at radius 2 is 1.93 bits per heavy atom. The minimum absolute atomic E-state index is 0.0660. The summed E-state index contributed by atoms with van der Waals surface area (Å²) in [6.45, 7) is 3.43. The Hall–Kier alpha value is -0.690. The van der Waals surface area contributed by atoms with Crippen LogP contribution in [0.25, 0.3) is 0 Å². The molecule has 0 aromatic carbocycles. The molecule has 2 aliphatic heterocycles. The zero-order valence-corrected chi connectivity index (χ0v) is 8.64. The first kappa shape index (κ1) is 10.8. The number of carbonyl (C=O) groups excluding carboxylic acids is 1. The molecule has 0 saturated carbocycles. The van der Waals surface area contributed by atoms with Gasteiger partial charge >= 0.3 is 0 Å². The maximum absolute atomic E-state index is 11.3. The van der Waals surface area contributed by atoms with E-state index in [2.05, 4.69) is 5.32 Å². The smallest absolute Gasteiger partial charge is 0.251 e. The standard InChI is InChI=1S/C9H15NO5/c1-9(2)14-6-4(11)3-10-8(13)5(12)7(6)15-9/h4-7,11-12H,3H2,1-2H3,(H,10,13)/t4-,5-,6+,7-/m1/s1. The van der Waals surface area contributed by atoms with E-state index >= 15 is 0 Å². The maximum atomic E-state index is 11.3. The maximum Gasteiger partial charge on any atom is 0.251 e. The highest BCUT2D eigenvalue weighted by Crippen LogP contribution is 2.32. The molecule has 0 spiro atoms. The Morgan fingerprint density at radius 3 is 2.60 bits per heavy atom. The Labute approximate surface area is 87.2 Å². The second-order valence-electron chi connectivity index (χ2n) is 4.32. The van der Waals surface area contributed by atoms with Crippen LogP contribution in [-0.2, 0) is 14.3 Å². The van der Waals surface area contributed by atoms with Gasteiger partial charge in [0.2, 0.25) is 0 Å². The first-order valence-corrected chi connectivity index (χ1v) is 4.90. The highest BCUT2D eigenvalue weighted by molar-refractivity contribution is 5.81. The van der Waals surface area contributed by atoms with Crippen molar-refractivity contribution >= 4 is 5.91 Å². The zero-order valence-electron chi connectivity index (χ0n) is 8.64. The van der Waals surface area contributed by atoms with Crippen LogP contribution in [0.4, 0.5) is 0 Å². The lowest BCUT2D eigenvalue weighted by molar-refractivity contribution is -0.166. The van der Waals surface area contributed by atoms with Crippen molar-refractivity contribution in [1.29, 1.82) is 0 Å². The van der Waals surface area contributed by atoms with Crippen LogP contribution in [0.1, 0.15) is 13.8 Å². The molecule has 2 aliphatic rings. The van der Waals surface area contributed by atoms with Crippen LogP contribution in [0.5, 0.6) is 0 Å². The lowest BCUT2D eigenvalue weighted by Gasteiger charge is -2.19. The molecule has 0 aromatic rings. The van der Waals surface area contributed by atoms with E-state index in [0.717, 1.165) is 0 Å². The van der Waals surface area contributed by atoms with Crippen LogP contribution in [0, 0.1) is 0 Å². The van der Waals surface area contributed by atoms with Gasteiger partial charge < -0.3 is 25.0 Å². The highest BCUT2D eigenvalue weighted by Gasteiger charge is 2.51. The van der Waals surface area contributed by atoms with E-state index in [-0.39, 0.29) is 6.54 Å². The third kappa shape index (κ3) is 1.85. The van der Waals surface area contributed by atoms with Crippen molar-refractivity contribution in [2.24, 2.45) is 0 Å². The van der Waals surface area contributed by atoms with Crippen molar-refractivity contribution in [3.05, 3.63) is 0 Å². The molecule has 0 aliphatic carbocycles. The largest absolute Gasteiger partial charge is 0.388 e. The number of aliphatic hydroxyl groups excluding tert-OH is 2. The number of hydrogen-bond donors (Lipinski definition) is 3. The summed E-state index contributed by atoms with van der Waals surface area (Å²) in [7, 11) is 0. The van der Waals surface area contributed by atoms with Gasteiger partial charge in [0, 0.05) is 6.54 Å². The van der Waals surface area contributed by atoms with Gasteiger partial charge in [-0.05, 0) is 13.8 Å². The van der Waals surface area contributed by atoms with Crippen molar-refractivity contribution < 1.29 is 24.5 Å². The zero-order chi connectivity index (χ0) is 11.2. The Morgan fingerprint density at radius 1 is 1.33 bits per heavy atom. The Bertz CT molecular complexity index is 280. The molecule has 2 fully saturated rings. The summed E-state index contributed by atoms with van der Waals surface area (Å²) in [5, 5.41) is 21.7. The number of rotatable bonds is 0. The average molecular weight is 217 g/mol. The number of carbonyl (C=O) groups is 1. The topological polar surface area (TPSA) is 88.0 Å². The Kier molecular flexibility index (Phi) is 2.46. The summed E-state index contributed by atoms with van der Waals surface area (Å²) in [4.78, 5) is 11.3. The van der Waals surface area contributed by atoms with Crippen LogP contribution in [-0.4, -0.2) is 52.9 Å².